The van der Waals surface area contributed by atoms with Crippen molar-refractivity contribution < 1.29 is 0 Å². The molecule has 96 valence electrons. The summed E-state index contributed by atoms with van der Waals surface area (Å²) in [4.78, 5) is 2.09. The van der Waals surface area contributed by atoms with E-state index in [4.69, 9.17) is 10.8 Å². The van der Waals surface area contributed by atoms with Gasteiger partial charge in [-0.3, -0.25) is 10.8 Å². The van der Waals surface area contributed by atoms with Crippen molar-refractivity contribution in [3.8, 4) is 0 Å². The first kappa shape index (κ1) is 14.0. The third kappa shape index (κ3) is 2.49. The molecule has 2 aromatic rings. The maximum atomic E-state index is 8.14. The number of hydrogen-bond donors (Lipinski definition) is 2. The van der Waals surface area contributed by atoms with Crippen LogP contribution in [0.2, 0.25) is 0 Å². The molecule has 3 rings (SSSR count). The number of nitrogens with one attached hydrogen (secondary N) is 2. The second-order valence-electron chi connectivity index (χ2n) is 3.87. The van der Waals surface area contributed by atoms with E-state index in [1.54, 1.807) is 22.7 Å². The van der Waals surface area contributed by atoms with Crippen molar-refractivity contribution in [2.75, 3.05) is 0 Å². The lowest BCUT2D eigenvalue weighted by atomic mass is 9.92. The molecule has 2 aromatic heterocycles. The van der Waals surface area contributed by atoms with Gasteiger partial charge in [-0.25, -0.2) is 0 Å². The molecule has 0 aliphatic heterocycles. The zero-order chi connectivity index (χ0) is 12.5. The van der Waals surface area contributed by atoms with Crippen LogP contribution in [0.15, 0.2) is 47.2 Å². The summed E-state index contributed by atoms with van der Waals surface area (Å²) in [5, 5.41) is 20.3. The molecule has 0 spiro atoms. The molecular formula is C14H12N2S3. The average Bonchev–Trinajstić information content (AvgIpc) is 3.03. The lowest BCUT2D eigenvalue weighted by Crippen LogP contribution is -2.17. The van der Waals surface area contributed by atoms with Crippen LogP contribution in [0.3, 0.4) is 0 Å². The highest BCUT2D eigenvalue weighted by Gasteiger charge is 2.21. The molecule has 0 radical (unpaired) electrons. The van der Waals surface area contributed by atoms with Crippen LogP contribution >= 0.6 is 36.2 Å². The first-order valence-corrected chi connectivity index (χ1v) is 7.21. The SMILES string of the molecule is N=C1C(=N)C(c2cccs2)=CC=C1c1cccs1.S. The van der Waals surface area contributed by atoms with Gasteiger partial charge in [-0.2, -0.15) is 13.5 Å². The van der Waals surface area contributed by atoms with E-state index < -0.39 is 0 Å². The van der Waals surface area contributed by atoms with Gasteiger partial charge in [-0.1, -0.05) is 24.3 Å². The molecule has 0 saturated heterocycles. The number of allylic oxidation sites excluding steroid dienone is 4. The van der Waals surface area contributed by atoms with Gasteiger partial charge >= 0.3 is 0 Å². The smallest absolute Gasteiger partial charge is 0.0882 e. The van der Waals surface area contributed by atoms with Crippen molar-refractivity contribution in [3.63, 3.8) is 0 Å². The summed E-state index contributed by atoms with van der Waals surface area (Å²) in [5.41, 5.74) is 2.30. The Morgan fingerprint density at radius 3 is 1.47 bits per heavy atom. The van der Waals surface area contributed by atoms with Crippen molar-refractivity contribution in [2.45, 2.75) is 0 Å². The Morgan fingerprint density at radius 2 is 1.16 bits per heavy atom. The Balaban J connectivity index is 0.00000133. The number of rotatable bonds is 2. The van der Waals surface area contributed by atoms with Crippen LogP contribution in [-0.4, -0.2) is 11.4 Å². The lowest BCUT2D eigenvalue weighted by Gasteiger charge is -2.15. The van der Waals surface area contributed by atoms with Gasteiger partial charge in [0, 0.05) is 20.9 Å². The summed E-state index contributed by atoms with van der Waals surface area (Å²) in [6.07, 6.45) is 3.89. The fourth-order valence-corrected chi connectivity index (χ4v) is 3.39. The van der Waals surface area contributed by atoms with Crippen molar-refractivity contribution in [3.05, 3.63) is 56.9 Å². The second kappa shape index (κ2) is 5.69. The number of thiophene rings is 2. The first-order chi connectivity index (χ1) is 8.77. The third-order valence-electron chi connectivity index (χ3n) is 2.78. The van der Waals surface area contributed by atoms with Crippen LogP contribution < -0.4 is 0 Å². The lowest BCUT2D eigenvalue weighted by molar-refractivity contribution is 1.49. The second-order valence-corrected chi connectivity index (χ2v) is 5.76. The van der Waals surface area contributed by atoms with E-state index >= 15 is 0 Å². The zero-order valence-corrected chi connectivity index (χ0v) is 12.6. The van der Waals surface area contributed by atoms with Gasteiger partial charge < -0.3 is 0 Å². The maximum Gasteiger partial charge on any atom is 0.0882 e. The summed E-state index contributed by atoms with van der Waals surface area (Å²) in [6.45, 7) is 0. The highest BCUT2D eigenvalue weighted by molar-refractivity contribution is 7.59. The van der Waals surface area contributed by atoms with Crippen LogP contribution in [0.5, 0.6) is 0 Å². The number of hydrogen-bond acceptors (Lipinski definition) is 4. The van der Waals surface area contributed by atoms with Crippen LogP contribution in [0.1, 0.15) is 9.75 Å². The van der Waals surface area contributed by atoms with Crippen LogP contribution in [0, 0.1) is 10.8 Å². The summed E-state index contributed by atoms with van der Waals surface area (Å²) in [5.74, 6) is 0. The molecule has 0 fully saturated rings. The predicted octanol–water partition coefficient (Wildman–Crippen LogP) is 4.44. The summed E-state index contributed by atoms with van der Waals surface area (Å²) in [7, 11) is 0. The molecule has 0 saturated carbocycles. The molecule has 2 nitrogen and oxygen atoms in total. The van der Waals surface area contributed by atoms with Crippen LogP contribution in [0.4, 0.5) is 0 Å². The Hall–Kier alpha value is -1.43. The van der Waals surface area contributed by atoms with E-state index in [9.17, 15) is 0 Å². The Labute approximate surface area is 126 Å². The minimum Gasteiger partial charge on any atom is -0.298 e. The van der Waals surface area contributed by atoms with Gasteiger partial charge in [0.15, 0.2) is 0 Å². The molecule has 0 aromatic carbocycles. The fourth-order valence-electron chi connectivity index (χ4n) is 1.88. The first-order valence-electron chi connectivity index (χ1n) is 5.45. The van der Waals surface area contributed by atoms with Crippen molar-refractivity contribution in [2.24, 2.45) is 0 Å². The molecule has 0 unspecified atom stereocenters. The molecule has 1 aliphatic carbocycles. The van der Waals surface area contributed by atoms with E-state index in [1.165, 1.54) is 0 Å². The Morgan fingerprint density at radius 1 is 0.737 bits per heavy atom. The van der Waals surface area contributed by atoms with E-state index in [0.29, 0.717) is 11.4 Å². The monoisotopic (exact) mass is 304 g/mol. The highest BCUT2D eigenvalue weighted by Crippen LogP contribution is 2.31. The van der Waals surface area contributed by atoms with Gasteiger partial charge in [0.25, 0.3) is 0 Å². The predicted molar refractivity (Wildman–Crippen MR) is 90.4 cm³/mol. The van der Waals surface area contributed by atoms with Crippen molar-refractivity contribution >= 4 is 58.7 Å². The molecular weight excluding hydrogens is 292 g/mol. The molecule has 5 heteroatoms. The molecule has 2 heterocycles. The third-order valence-corrected chi connectivity index (χ3v) is 4.58. The topological polar surface area (TPSA) is 47.7 Å². The van der Waals surface area contributed by atoms with Gasteiger partial charge in [0.05, 0.1) is 11.4 Å². The highest BCUT2D eigenvalue weighted by atomic mass is 32.1. The summed E-state index contributed by atoms with van der Waals surface area (Å²) < 4.78 is 0. The average molecular weight is 304 g/mol. The van der Waals surface area contributed by atoms with Gasteiger partial charge in [-0.15, -0.1) is 22.7 Å². The molecule has 0 amide bonds. The van der Waals surface area contributed by atoms with E-state index in [1.807, 2.05) is 47.2 Å². The minimum absolute atomic E-state index is 0. The standard InChI is InChI=1S/C14H10N2S2.H2S/c15-13-9(11-3-1-7-17-11)5-6-10(14(13)16)12-4-2-8-18-12;/h1-8,15-16H;1H2. The van der Waals surface area contributed by atoms with Crippen LogP contribution in [0.25, 0.3) is 11.1 Å². The molecule has 0 bridgehead atoms. The molecule has 19 heavy (non-hydrogen) atoms. The van der Waals surface area contributed by atoms with E-state index in [0.717, 1.165) is 20.9 Å². The summed E-state index contributed by atoms with van der Waals surface area (Å²) in [6, 6.07) is 7.91. The largest absolute Gasteiger partial charge is 0.298 e. The molecule has 1 aliphatic rings. The maximum absolute atomic E-state index is 8.14. The summed E-state index contributed by atoms with van der Waals surface area (Å²) >= 11 is 3.20. The van der Waals surface area contributed by atoms with Crippen LogP contribution in [-0.2, 0) is 0 Å². The minimum atomic E-state index is 0. The fraction of sp³-hybridized carbons (Fsp3) is 0. The van der Waals surface area contributed by atoms with Crippen molar-refractivity contribution in [1.29, 1.82) is 10.8 Å². The Bertz CT molecular complexity index is 601. The van der Waals surface area contributed by atoms with Gasteiger partial charge in [0.2, 0.25) is 0 Å². The quantitative estimate of drug-likeness (QED) is 0.771. The molecule has 0 atom stereocenters. The normalized spacial score (nSPS) is 14.7. The van der Waals surface area contributed by atoms with Gasteiger partial charge in [-0.05, 0) is 22.9 Å². The van der Waals surface area contributed by atoms with E-state index in [2.05, 4.69) is 0 Å². The zero-order valence-electron chi connectivity index (χ0n) is 9.94. The molecule has 2 N–H and O–H groups in total. The van der Waals surface area contributed by atoms with Gasteiger partial charge in [0.1, 0.15) is 0 Å². The Kier molecular flexibility index (Phi) is 4.19. The van der Waals surface area contributed by atoms with Crippen molar-refractivity contribution in [1.82, 2.24) is 0 Å². The van der Waals surface area contributed by atoms with E-state index in [-0.39, 0.29) is 13.5 Å².